The predicted octanol–water partition coefficient (Wildman–Crippen LogP) is 3.65. The number of likely N-dealkylation sites (tertiary alicyclic amines) is 2. The van der Waals surface area contributed by atoms with Crippen LogP contribution in [-0.4, -0.2) is 47.9 Å². The van der Waals surface area contributed by atoms with Gasteiger partial charge in [0.2, 0.25) is 0 Å². The molecule has 2 heterocycles. The van der Waals surface area contributed by atoms with Crippen molar-refractivity contribution in [2.24, 2.45) is 0 Å². The van der Waals surface area contributed by atoms with Crippen LogP contribution < -0.4 is 0 Å². The summed E-state index contributed by atoms with van der Waals surface area (Å²) in [6, 6.07) is 20.0. The quantitative estimate of drug-likeness (QED) is 0.822. The summed E-state index contributed by atoms with van der Waals surface area (Å²) in [5, 5.41) is 9.28. The first-order chi connectivity index (χ1) is 13.1. The largest absolute Gasteiger partial charge is 0.338 e. The van der Waals surface area contributed by atoms with Crippen LogP contribution in [0.5, 0.6) is 0 Å². The first-order valence-electron chi connectivity index (χ1n) is 9.67. The highest BCUT2D eigenvalue weighted by Gasteiger charge is 2.46. The summed E-state index contributed by atoms with van der Waals surface area (Å²) in [6.07, 6.45) is 3.14. The van der Waals surface area contributed by atoms with Gasteiger partial charge in [0.25, 0.3) is 5.91 Å². The molecule has 27 heavy (non-hydrogen) atoms. The van der Waals surface area contributed by atoms with E-state index in [2.05, 4.69) is 48.3 Å². The minimum absolute atomic E-state index is 0.0118. The maximum atomic E-state index is 12.9. The van der Waals surface area contributed by atoms with Crippen LogP contribution in [0.3, 0.4) is 0 Å². The van der Waals surface area contributed by atoms with Gasteiger partial charge in [0.05, 0.1) is 17.2 Å². The smallest absolute Gasteiger partial charge is 0.255 e. The molecule has 2 fully saturated rings. The first kappa shape index (κ1) is 17.8. The lowest BCUT2D eigenvalue weighted by Crippen LogP contribution is -2.52. The van der Waals surface area contributed by atoms with Crippen molar-refractivity contribution in [1.82, 2.24) is 9.80 Å². The van der Waals surface area contributed by atoms with Gasteiger partial charge in [-0.25, -0.2) is 0 Å². The van der Waals surface area contributed by atoms with Crippen molar-refractivity contribution in [1.29, 1.82) is 5.26 Å². The van der Waals surface area contributed by atoms with Gasteiger partial charge in [-0.05, 0) is 49.9 Å². The lowest BCUT2D eigenvalue weighted by molar-refractivity contribution is 0.0492. The zero-order valence-corrected chi connectivity index (χ0v) is 15.8. The van der Waals surface area contributed by atoms with Gasteiger partial charge >= 0.3 is 0 Å². The fourth-order valence-corrected chi connectivity index (χ4v) is 4.80. The fourth-order valence-electron chi connectivity index (χ4n) is 4.80. The number of rotatable bonds is 2. The Balaban J connectivity index is 1.46. The normalized spacial score (nSPS) is 21.9. The average Bonchev–Trinajstić information content (AvgIpc) is 3.04. The zero-order chi connectivity index (χ0) is 18.9. The Kier molecular flexibility index (Phi) is 4.72. The van der Waals surface area contributed by atoms with Crippen molar-refractivity contribution in [2.45, 2.75) is 30.7 Å². The molecule has 2 saturated heterocycles. The monoisotopic (exact) mass is 359 g/mol. The molecule has 2 aromatic carbocycles. The number of piperidine rings is 1. The van der Waals surface area contributed by atoms with Crippen LogP contribution in [-0.2, 0) is 0 Å². The maximum absolute atomic E-state index is 12.9. The number of benzene rings is 2. The standard InChI is InChI=1S/C23H25N3O/c1-25-17-20(18-7-3-2-4-8-18)15-23(25)11-13-26(14-12-23)22(27)21-10-6-5-9-19(21)16-24/h2-10,20H,11-15,17H2,1H3/t20-/m0/s1. The van der Waals surface area contributed by atoms with Crippen LogP contribution in [0.25, 0.3) is 0 Å². The van der Waals surface area contributed by atoms with Crippen molar-refractivity contribution >= 4 is 5.91 Å². The number of carbonyl (C=O) groups is 1. The van der Waals surface area contributed by atoms with Gasteiger partial charge in [-0.3, -0.25) is 9.69 Å². The van der Waals surface area contributed by atoms with E-state index in [9.17, 15) is 10.1 Å². The molecule has 2 aromatic rings. The second-order valence-corrected chi connectivity index (χ2v) is 7.87. The van der Waals surface area contributed by atoms with Gasteiger partial charge in [0.1, 0.15) is 0 Å². The minimum Gasteiger partial charge on any atom is -0.338 e. The van der Waals surface area contributed by atoms with Crippen molar-refractivity contribution in [3.8, 4) is 6.07 Å². The number of hydrogen-bond acceptors (Lipinski definition) is 3. The SMILES string of the molecule is CN1C[C@@H](c2ccccc2)CC12CCN(C(=O)c1ccccc1C#N)CC2. The Hall–Kier alpha value is -2.64. The molecule has 1 amide bonds. The van der Waals surface area contributed by atoms with E-state index in [1.165, 1.54) is 5.56 Å². The highest BCUT2D eigenvalue weighted by atomic mass is 16.2. The van der Waals surface area contributed by atoms with Crippen molar-refractivity contribution in [3.05, 3.63) is 71.3 Å². The second kappa shape index (κ2) is 7.17. The van der Waals surface area contributed by atoms with Gasteiger partial charge < -0.3 is 4.90 Å². The predicted molar refractivity (Wildman–Crippen MR) is 105 cm³/mol. The van der Waals surface area contributed by atoms with Gasteiger partial charge in [-0.15, -0.1) is 0 Å². The second-order valence-electron chi connectivity index (χ2n) is 7.87. The van der Waals surface area contributed by atoms with E-state index in [4.69, 9.17) is 0 Å². The van der Waals surface area contributed by atoms with E-state index in [-0.39, 0.29) is 11.4 Å². The molecular weight excluding hydrogens is 334 g/mol. The van der Waals surface area contributed by atoms with Crippen molar-refractivity contribution < 1.29 is 4.79 Å². The molecule has 0 N–H and O–H groups in total. The highest BCUT2D eigenvalue weighted by molar-refractivity contribution is 5.96. The number of carbonyl (C=O) groups excluding carboxylic acids is 1. The zero-order valence-electron chi connectivity index (χ0n) is 15.8. The van der Waals surface area contributed by atoms with Gasteiger partial charge in [-0.2, -0.15) is 5.26 Å². The van der Waals surface area contributed by atoms with E-state index in [1.807, 2.05) is 11.0 Å². The molecule has 0 aromatic heterocycles. The van der Waals surface area contributed by atoms with E-state index in [0.717, 1.165) is 38.9 Å². The lowest BCUT2D eigenvalue weighted by Gasteiger charge is -2.43. The first-order valence-corrected chi connectivity index (χ1v) is 9.67. The summed E-state index contributed by atoms with van der Waals surface area (Å²) >= 11 is 0. The molecule has 4 heteroatoms. The Morgan fingerprint density at radius 3 is 2.44 bits per heavy atom. The topological polar surface area (TPSA) is 47.3 Å². The van der Waals surface area contributed by atoms with Crippen LogP contribution in [0.2, 0.25) is 0 Å². The lowest BCUT2D eigenvalue weighted by atomic mass is 9.81. The Morgan fingerprint density at radius 1 is 1.07 bits per heavy atom. The minimum atomic E-state index is -0.0118. The Labute approximate surface area is 161 Å². The van der Waals surface area contributed by atoms with Gasteiger partial charge in [0.15, 0.2) is 0 Å². The van der Waals surface area contributed by atoms with Crippen LogP contribution >= 0.6 is 0 Å². The average molecular weight is 359 g/mol. The van der Waals surface area contributed by atoms with Gasteiger partial charge in [0, 0.05) is 25.2 Å². The van der Waals surface area contributed by atoms with E-state index < -0.39 is 0 Å². The van der Waals surface area contributed by atoms with Crippen molar-refractivity contribution in [2.75, 3.05) is 26.7 Å². The van der Waals surface area contributed by atoms with E-state index in [0.29, 0.717) is 17.0 Å². The molecule has 4 nitrogen and oxygen atoms in total. The van der Waals surface area contributed by atoms with Crippen LogP contribution in [0.15, 0.2) is 54.6 Å². The van der Waals surface area contributed by atoms with E-state index in [1.54, 1.807) is 18.2 Å². The third-order valence-corrected chi connectivity index (χ3v) is 6.46. The molecular formula is C23H25N3O. The molecule has 0 aliphatic carbocycles. The van der Waals surface area contributed by atoms with Crippen LogP contribution in [0, 0.1) is 11.3 Å². The van der Waals surface area contributed by atoms with Crippen LogP contribution in [0.4, 0.5) is 0 Å². The Morgan fingerprint density at radius 2 is 1.74 bits per heavy atom. The fraction of sp³-hybridized carbons (Fsp3) is 0.391. The molecule has 1 atom stereocenters. The summed E-state index contributed by atoms with van der Waals surface area (Å²) < 4.78 is 0. The number of nitrogens with zero attached hydrogens (tertiary/aromatic N) is 3. The molecule has 0 radical (unpaired) electrons. The highest BCUT2D eigenvalue weighted by Crippen LogP contribution is 2.44. The Bertz CT molecular complexity index is 863. The molecule has 0 bridgehead atoms. The molecule has 0 saturated carbocycles. The summed E-state index contributed by atoms with van der Waals surface area (Å²) in [5.74, 6) is 0.556. The van der Waals surface area contributed by atoms with Gasteiger partial charge in [-0.1, -0.05) is 42.5 Å². The number of hydrogen-bond donors (Lipinski definition) is 0. The van der Waals surface area contributed by atoms with Crippen LogP contribution in [0.1, 0.15) is 46.7 Å². The third kappa shape index (κ3) is 3.24. The molecule has 1 spiro atoms. The third-order valence-electron chi connectivity index (χ3n) is 6.46. The molecule has 138 valence electrons. The molecule has 2 aliphatic heterocycles. The maximum Gasteiger partial charge on any atom is 0.255 e. The summed E-state index contributed by atoms with van der Waals surface area (Å²) in [4.78, 5) is 17.3. The molecule has 4 rings (SSSR count). The summed E-state index contributed by atoms with van der Waals surface area (Å²) in [7, 11) is 2.23. The number of likely N-dealkylation sites (N-methyl/N-ethyl adjacent to an activating group) is 1. The summed E-state index contributed by atoms with van der Waals surface area (Å²) in [6.45, 7) is 2.59. The van der Waals surface area contributed by atoms with E-state index >= 15 is 0 Å². The molecule has 2 aliphatic rings. The molecule has 0 unspecified atom stereocenters. The number of nitriles is 1. The summed E-state index contributed by atoms with van der Waals surface area (Å²) in [5.41, 5.74) is 2.59. The number of amides is 1. The van der Waals surface area contributed by atoms with Crippen molar-refractivity contribution in [3.63, 3.8) is 0 Å².